The molecule has 0 aliphatic carbocycles. The molecule has 0 aliphatic heterocycles. The quantitative estimate of drug-likeness (QED) is 0.787. The summed E-state index contributed by atoms with van der Waals surface area (Å²) in [5, 5.41) is 0.933. The van der Waals surface area contributed by atoms with E-state index in [2.05, 4.69) is 9.72 Å². The van der Waals surface area contributed by atoms with Gasteiger partial charge in [0.15, 0.2) is 0 Å². The van der Waals surface area contributed by atoms with Crippen LogP contribution in [-0.4, -0.2) is 17.1 Å². The van der Waals surface area contributed by atoms with Crippen LogP contribution in [0.1, 0.15) is 26.5 Å². The Labute approximate surface area is 106 Å². The van der Waals surface area contributed by atoms with Gasteiger partial charge in [-0.3, -0.25) is 4.79 Å². The molecule has 0 radical (unpaired) electrons. The van der Waals surface area contributed by atoms with Gasteiger partial charge < -0.3 is 9.72 Å². The van der Waals surface area contributed by atoms with Crippen LogP contribution in [0, 0.1) is 12.7 Å². The van der Waals surface area contributed by atoms with E-state index in [4.69, 9.17) is 0 Å². The van der Waals surface area contributed by atoms with E-state index >= 15 is 0 Å². The van der Waals surface area contributed by atoms with Crippen molar-refractivity contribution in [1.82, 2.24) is 4.98 Å². The number of carbonyl (C=O) groups is 1. The van der Waals surface area contributed by atoms with Gasteiger partial charge in [-0.2, -0.15) is 0 Å². The number of H-pyrrole nitrogens is 1. The van der Waals surface area contributed by atoms with Crippen molar-refractivity contribution in [3.63, 3.8) is 0 Å². The van der Waals surface area contributed by atoms with Crippen molar-refractivity contribution in [3.8, 4) is 0 Å². The second-order valence-electron chi connectivity index (χ2n) is 5.01. The predicted molar refractivity (Wildman–Crippen MR) is 69.9 cm³/mol. The van der Waals surface area contributed by atoms with Crippen LogP contribution < -0.4 is 0 Å². The SMILES string of the molecule is CC(C)(C)OC=O.Cc1cc2cc(F)ccc2[nH]1. The zero-order valence-electron chi connectivity index (χ0n) is 11.1. The minimum absolute atomic E-state index is 0.184. The molecule has 98 valence electrons. The molecule has 3 nitrogen and oxygen atoms in total. The number of hydrogen-bond acceptors (Lipinski definition) is 2. The van der Waals surface area contributed by atoms with Crippen LogP contribution in [0.5, 0.6) is 0 Å². The lowest BCUT2D eigenvalue weighted by atomic mass is 10.2. The Hall–Kier alpha value is -1.84. The minimum atomic E-state index is -0.318. The smallest absolute Gasteiger partial charge is 0.293 e. The average molecular weight is 251 g/mol. The predicted octanol–water partition coefficient (Wildman–Crippen LogP) is 3.57. The first-order valence-electron chi connectivity index (χ1n) is 5.68. The molecule has 1 N–H and O–H groups in total. The maximum absolute atomic E-state index is 12.6. The molecule has 0 spiro atoms. The Balaban J connectivity index is 0.000000203. The zero-order valence-corrected chi connectivity index (χ0v) is 11.1. The molecule has 2 aromatic rings. The fourth-order valence-electron chi connectivity index (χ4n) is 1.39. The van der Waals surface area contributed by atoms with Crippen LogP contribution in [-0.2, 0) is 9.53 Å². The Kier molecular flexibility index (Phi) is 4.48. The van der Waals surface area contributed by atoms with Crippen LogP contribution in [0.15, 0.2) is 24.3 Å². The van der Waals surface area contributed by atoms with Gasteiger partial charge in [-0.25, -0.2) is 4.39 Å². The van der Waals surface area contributed by atoms with Crippen molar-refractivity contribution < 1.29 is 13.9 Å². The van der Waals surface area contributed by atoms with E-state index < -0.39 is 0 Å². The third kappa shape index (κ3) is 4.57. The maximum atomic E-state index is 12.6. The normalized spacial score (nSPS) is 10.7. The number of fused-ring (bicyclic) bond motifs is 1. The van der Waals surface area contributed by atoms with E-state index in [1.807, 2.05) is 33.8 Å². The first kappa shape index (κ1) is 14.2. The first-order valence-corrected chi connectivity index (χ1v) is 5.68. The van der Waals surface area contributed by atoms with E-state index in [-0.39, 0.29) is 11.4 Å². The lowest BCUT2D eigenvalue weighted by Crippen LogP contribution is -2.17. The molecule has 0 saturated carbocycles. The molecule has 2 rings (SSSR count). The number of rotatable bonds is 1. The largest absolute Gasteiger partial charge is 0.462 e. The van der Waals surface area contributed by atoms with Crippen LogP contribution in [0.3, 0.4) is 0 Å². The molecule has 0 atom stereocenters. The number of aromatic nitrogens is 1. The van der Waals surface area contributed by atoms with Crippen LogP contribution >= 0.6 is 0 Å². The van der Waals surface area contributed by atoms with E-state index in [1.165, 1.54) is 12.1 Å². The fourth-order valence-corrected chi connectivity index (χ4v) is 1.39. The lowest BCUT2D eigenvalue weighted by Gasteiger charge is -2.14. The van der Waals surface area contributed by atoms with Gasteiger partial charge >= 0.3 is 0 Å². The summed E-state index contributed by atoms with van der Waals surface area (Å²) in [5.41, 5.74) is 1.73. The number of aryl methyl sites for hydroxylation is 1. The number of hydrogen-bond donors (Lipinski definition) is 1. The number of carbonyl (C=O) groups excluding carboxylic acids is 1. The van der Waals surface area contributed by atoms with Crippen molar-refractivity contribution in [2.24, 2.45) is 0 Å². The monoisotopic (exact) mass is 251 g/mol. The molecule has 0 amide bonds. The summed E-state index contributed by atoms with van der Waals surface area (Å²) in [6.45, 7) is 7.88. The molecule has 1 heterocycles. The van der Waals surface area contributed by atoms with Gasteiger partial charge in [0.2, 0.25) is 0 Å². The summed E-state index contributed by atoms with van der Waals surface area (Å²) in [6, 6.07) is 6.66. The van der Waals surface area contributed by atoms with Gasteiger partial charge in [-0.1, -0.05) is 0 Å². The molecule has 0 aliphatic rings. The summed E-state index contributed by atoms with van der Waals surface area (Å²) in [5.74, 6) is -0.184. The Morgan fingerprint density at radius 1 is 1.28 bits per heavy atom. The summed E-state index contributed by atoms with van der Waals surface area (Å²) >= 11 is 0. The highest BCUT2D eigenvalue weighted by molar-refractivity contribution is 5.80. The number of halogens is 1. The Morgan fingerprint density at radius 3 is 2.44 bits per heavy atom. The first-order chi connectivity index (χ1) is 8.31. The van der Waals surface area contributed by atoms with E-state index in [0.717, 1.165) is 16.6 Å². The molecule has 0 fully saturated rings. The van der Waals surface area contributed by atoms with Gasteiger partial charge in [-0.05, 0) is 52.0 Å². The number of nitrogens with one attached hydrogen (secondary N) is 1. The topological polar surface area (TPSA) is 42.1 Å². The van der Waals surface area contributed by atoms with Crippen LogP contribution in [0.4, 0.5) is 4.39 Å². The molecule has 4 heteroatoms. The maximum Gasteiger partial charge on any atom is 0.293 e. The zero-order chi connectivity index (χ0) is 13.8. The number of ether oxygens (including phenoxy) is 1. The third-order valence-electron chi connectivity index (χ3n) is 2.12. The molecule has 0 unspecified atom stereocenters. The average Bonchev–Trinajstić information content (AvgIpc) is 2.56. The highest BCUT2D eigenvalue weighted by Crippen LogP contribution is 2.15. The molecule has 1 aromatic heterocycles. The van der Waals surface area contributed by atoms with Gasteiger partial charge in [0, 0.05) is 16.6 Å². The second-order valence-corrected chi connectivity index (χ2v) is 5.01. The van der Waals surface area contributed by atoms with Crippen molar-refractivity contribution in [2.45, 2.75) is 33.3 Å². The molecule has 0 bridgehead atoms. The molecular weight excluding hydrogens is 233 g/mol. The molecule has 1 aromatic carbocycles. The van der Waals surface area contributed by atoms with Crippen molar-refractivity contribution in [2.75, 3.05) is 0 Å². The van der Waals surface area contributed by atoms with Gasteiger partial charge in [0.25, 0.3) is 6.47 Å². The number of aromatic amines is 1. The Bertz CT molecular complexity index is 526. The summed E-state index contributed by atoms with van der Waals surface area (Å²) in [4.78, 5) is 12.7. The minimum Gasteiger partial charge on any atom is -0.462 e. The van der Waals surface area contributed by atoms with Crippen molar-refractivity contribution in [3.05, 3.63) is 35.8 Å². The van der Waals surface area contributed by atoms with E-state index in [0.29, 0.717) is 6.47 Å². The summed E-state index contributed by atoms with van der Waals surface area (Å²) < 4.78 is 17.2. The lowest BCUT2D eigenvalue weighted by molar-refractivity contribution is -0.138. The second kappa shape index (κ2) is 5.67. The van der Waals surface area contributed by atoms with Crippen LogP contribution in [0.2, 0.25) is 0 Å². The van der Waals surface area contributed by atoms with Crippen molar-refractivity contribution in [1.29, 1.82) is 0 Å². The highest BCUT2D eigenvalue weighted by Gasteiger charge is 2.07. The van der Waals surface area contributed by atoms with Gasteiger partial charge in [0.1, 0.15) is 11.4 Å². The van der Waals surface area contributed by atoms with E-state index in [1.54, 1.807) is 6.07 Å². The van der Waals surface area contributed by atoms with E-state index in [9.17, 15) is 9.18 Å². The van der Waals surface area contributed by atoms with Gasteiger partial charge in [0.05, 0.1) is 0 Å². The molecule has 18 heavy (non-hydrogen) atoms. The van der Waals surface area contributed by atoms with Gasteiger partial charge in [-0.15, -0.1) is 0 Å². The number of benzene rings is 1. The summed E-state index contributed by atoms with van der Waals surface area (Å²) in [7, 11) is 0. The molecular formula is C14H18FNO2. The fraction of sp³-hybridized carbons (Fsp3) is 0.357. The highest BCUT2D eigenvalue weighted by atomic mass is 19.1. The third-order valence-corrected chi connectivity index (χ3v) is 2.12. The standard InChI is InChI=1S/C9H8FN.C5H10O2/c1-6-4-7-5-8(10)2-3-9(7)11-6;1-5(2,3)7-4-6/h2-5,11H,1H3;4H,1-3H3. The molecule has 0 saturated heterocycles. The Morgan fingerprint density at radius 2 is 1.94 bits per heavy atom. The summed E-state index contributed by atoms with van der Waals surface area (Å²) in [6.07, 6.45) is 0. The van der Waals surface area contributed by atoms with Crippen LogP contribution in [0.25, 0.3) is 10.9 Å². The van der Waals surface area contributed by atoms with Crippen molar-refractivity contribution >= 4 is 17.4 Å².